The molecule has 1 rings (SSSR count). The molecule has 1 atom stereocenters. The van der Waals surface area contributed by atoms with Gasteiger partial charge in [0, 0.05) is 0 Å². The lowest BCUT2D eigenvalue weighted by molar-refractivity contribution is 0.474. The monoisotopic (exact) mass is 178 g/mol. The van der Waals surface area contributed by atoms with Crippen LogP contribution in [-0.2, 0) is 0 Å². The van der Waals surface area contributed by atoms with Crippen molar-refractivity contribution in [3.63, 3.8) is 0 Å². The van der Waals surface area contributed by atoms with Crippen LogP contribution in [0.4, 0.5) is 0 Å². The number of phenols is 1. The largest absolute Gasteiger partial charge is 0.508 e. The molecule has 1 nitrogen and oxygen atoms in total. The van der Waals surface area contributed by atoms with E-state index in [0.717, 1.165) is 0 Å². The van der Waals surface area contributed by atoms with Crippen molar-refractivity contribution in [2.75, 3.05) is 0 Å². The number of phenolic OH excluding ortho intramolecular Hbond substituents is 1. The fraction of sp³-hybridized carbons (Fsp3) is 0.500. The van der Waals surface area contributed by atoms with E-state index >= 15 is 0 Å². The lowest BCUT2D eigenvalue weighted by Gasteiger charge is -2.10. The highest BCUT2D eigenvalue weighted by Gasteiger charge is 2.03. The first-order chi connectivity index (χ1) is 6.24. The van der Waals surface area contributed by atoms with Crippen LogP contribution in [0.25, 0.3) is 0 Å². The first-order valence-corrected chi connectivity index (χ1v) is 5.03. The molecule has 13 heavy (non-hydrogen) atoms. The molecule has 0 radical (unpaired) electrons. The second-order valence-electron chi connectivity index (χ2n) is 3.63. The minimum absolute atomic E-state index is 0.353. The van der Waals surface area contributed by atoms with Crippen molar-refractivity contribution in [2.24, 2.45) is 0 Å². The van der Waals surface area contributed by atoms with Gasteiger partial charge in [0.15, 0.2) is 0 Å². The summed E-state index contributed by atoms with van der Waals surface area (Å²) >= 11 is 0. The number of hydrogen-bond acceptors (Lipinski definition) is 1. The van der Waals surface area contributed by atoms with Gasteiger partial charge < -0.3 is 5.11 Å². The van der Waals surface area contributed by atoms with E-state index < -0.39 is 0 Å². The number of hydrogen-bond donors (Lipinski definition) is 1. The van der Waals surface area contributed by atoms with Crippen LogP contribution in [0.3, 0.4) is 0 Å². The first-order valence-electron chi connectivity index (χ1n) is 5.03. The van der Waals surface area contributed by atoms with Crippen LogP contribution < -0.4 is 0 Å². The van der Waals surface area contributed by atoms with Gasteiger partial charge in [-0.3, -0.25) is 0 Å². The molecule has 72 valence electrons. The molecule has 0 bridgehead atoms. The van der Waals surface area contributed by atoms with Crippen LogP contribution >= 0.6 is 0 Å². The Kier molecular flexibility index (Phi) is 3.81. The third-order valence-electron chi connectivity index (χ3n) is 2.45. The lowest BCUT2D eigenvalue weighted by Crippen LogP contribution is -1.92. The predicted molar refractivity (Wildman–Crippen MR) is 56.0 cm³/mol. The third-order valence-corrected chi connectivity index (χ3v) is 2.45. The van der Waals surface area contributed by atoms with E-state index in [0.29, 0.717) is 11.7 Å². The molecule has 0 aliphatic heterocycles. The van der Waals surface area contributed by atoms with Crippen LogP contribution in [0.1, 0.15) is 44.6 Å². The van der Waals surface area contributed by atoms with Crippen molar-refractivity contribution in [1.29, 1.82) is 0 Å². The molecule has 1 aromatic carbocycles. The van der Waals surface area contributed by atoms with Crippen molar-refractivity contribution in [1.82, 2.24) is 0 Å². The average molecular weight is 178 g/mol. The van der Waals surface area contributed by atoms with E-state index in [1.165, 1.54) is 24.8 Å². The number of benzene rings is 1. The van der Waals surface area contributed by atoms with E-state index in [4.69, 9.17) is 5.11 Å². The fourth-order valence-corrected chi connectivity index (χ4v) is 1.48. The molecular weight excluding hydrogens is 160 g/mol. The van der Waals surface area contributed by atoms with Crippen LogP contribution in [0.5, 0.6) is 5.75 Å². The topological polar surface area (TPSA) is 20.2 Å². The Morgan fingerprint density at radius 2 is 1.85 bits per heavy atom. The molecule has 0 aliphatic carbocycles. The summed E-state index contributed by atoms with van der Waals surface area (Å²) in [5, 5.41) is 9.11. The van der Waals surface area contributed by atoms with E-state index in [-0.39, 0.29) is 0 Å². The van der Waals surface area contributed by atoms with Crippen molar-refractivity contribution < 1.29 is 5.11 Å². The Morgan fingerprint density at radius 3 is 2.38 bits per heavy atom. The van der Waals surface area contributed by atoms with Crippen molar-refractivity contribution in [3.8, 4) is 5.75 Å². The summed E-state index contributed by atoms with van der Waals surface area (Å²) < 4.78 is 0. The maximum Gasteiger partial charge on any atom is 0.115 e. The molecule has 0 spiro atoms. The van der Waals surface area contributed by atoms with E-state index in [2.05, 4.69) is 13.8 Å². The van der Waals surface area contributed by atoms with Gasteiger partial charge in [-0.1, -0.05) is 38.8 Å². The Balaban J connectivity index is 2.55. The third kappa shape index (κ3) is 3.10. The quantitative estimate of drug-likeness (QED) is 0.745. The molecule has 1 aromatic rings. The molecule has 0 aromatic heterocycles. The molecule has 0 heterocycles. The van der Waals surface area contributed by atoms with Crippen LogP contribution in [0.15, 0.2) is 24.3 Å². The van der Waals surface area contributed by atoms with Gasteiger partial charge in [0.25, 0.3) is 0 Å². The molecule has 0 amide bonds. The zero-order valence-electron chi connectivity index (χ0n) is 8.46. The van der Waals surface area contributed by atoms with Crippen LogP contribution in [-0.4, -0.2) is 5.11 Å². The summed E-state index contributed by atoms with van der Waals surface area (Å²) in [4.78, 5) is 0. The Hall–Kier alpha value is -0.980. The minimum atomic E-state index is 0.353. The van der Waals surface area contributed by atoms with Crippen molar-refractivity contribution in [3.05, 3.63) is 29.8 Å². The predicted octanol–water partition coefficient (Wildman–Crippen LogP) is 3.69. The maximum atomic E-state index is 9.11. The summed E-state index contributed by atoms with van der Waals surface area (Å²) in [6.07, 6.45) is 3.77. The minimum Gasteiger partial charge on any atom is -0.508 e. The van der Waals surface area contributed by atoms with Gasteiger partial charge in [0.1, 0.15) is 5.75 Å². The SMILES string of the molecule is CCCCC(C)c1ccc(O)cc1. The van der Waals surface area contributed by atoms with Crippen molar-refractivity contribution >= 4 is 0 Å². The zero-order chi connectivity index (χ0) is 9.68. The fourth-order valence-electron chi connectivity index (χ4n) is 1.48. The number of unbranched alkanes of at least 4 members (excludes halogenated alkanes) is 1. The summed E-state index contributed by atoms with van der Waals surface area (Å²) in [5.41, 5.74) is 1.33. The van der Waals surface area contributed by atoms with Gasteiger partial charge in [0.2, 0.25) is 0 Å². The number of rotatable bonds is 4. The molecule has 0 saturated heterocycles. The highest BCUT2D eigenvalue weighted by atomic mass is 16.3. The van der Waals surface area contributed by atoms with Gasteiger partial charge in [-0.05, 0) is 30.0 Å². The lowest BCUT2D eigenvalue weighted by atomic mass is 9.96. The van der Waals surface area contributed by atoms with Crippen LogP contribution in [0.2, 0.25) is 0 Å². The molecule has 0 aliphatic rings. The van der Waals surface area contributed by atoms with Gasteiger partial charge in [-0.15, -0.1) is 0 Å². The first kappa shape index (κ1) is 10.1. The summed E-state index contributed by atoms with van der Waals surface area (Å²) in [6.45, 7) is 4.45. The zero-order valence-corrected chi connectivity index (χ0v) is 8.46. The highest BCUT2D eigenvalue weighted by molar-refractivity contribution is 5.27. The maximum absolute atomic E-state index is 9.11. The standard InChI is InChI=1S/C12H18O/c1-3-4-5-10(2)11-6-8-12(13)9-7-11/h6-10,13H,3-5H2,1-2H3. The normalized spacial score (nSPS) is 12.8. The summed E-state index contributed by atoms with van der Waals surface area (Å²) in [6, 6.07) is 7.54. The van der Waals surface area contributed by atoms with Gasteiger partial charge in [-0.25, -0.2) is 0 Å². The highest BCUT2D eigenvalue weighted by Crippen LogP contribution is 2.22. The van der Waals surface area contributed by atoms with Gasteiger partial charge >= 0.3 is 0 Å². The van der Waals surface area contributed by atoms with Gasteiger partial charge in [0.05, 0.1) is 0 Å². The molecule has 0 fully saturated rings. The molecule has 1 unspecified atom stereocenters. The van der Waals surface area contributed by atoms with E-state index in [9.17, 15) is 0 Å². The smallest absolute Gasteiger partial charge is 0.115 e. The van der Waals surface area contributed by atoms with Crippen molar-refractivity contribution in [2.45, 2.75) is 39.0 Å². The van der Waals surface area contributed by atoms with E-state index in [1.54, 1.807) is 12.1 Å². The summed E-state index contributed by atoms with van der Waals surface area (Å²) in [7, 11) is 0. The summed E-state index contributed by atoms with van der Waals surface area (Å²) in [5.74, 6) is 0.965. The molecular formula is C12H18O. The second-order valence-corrected chi connectivity index (χ2v) is 3.63. The van der Waals surface area contributed by atoms with Gasteiger partial charge in [-0.2, -0.15) is 0 Å². The Labute approximate surface area is 80.4 Å². The van der Waals surface area contributed by atoms with E-state index in [1.807, 2.05) is 12.1 Å². The Morgan fingerprint density at radius 1 is 1.23 bits per heavy atom. The number of aromatic hydroxyl groups is 1. The second kappa shape index (κ2) is 4.90. The molecule has 1 heteroatoms. The average Bonchev–Trinajstić information content (AvgIpc) is 2.15. The molecule has 0 saturated carbocycles. The Bertz CT molecular complexity index is 238. The molecule has 1 N–H and O–H groups in total. The van der Waals surface area contributed by atoms with Crippen LogP contribution in [0, 0.1) is 0 Å².